The van der Waals surface area contributed by atoms with Crippen molar-refractivity contribution < 1.29 is 23.1 Å². The van der Waals surface area contributed by atoms with E-state index in [0.29, 0.717) is 37.4 Å². The quantitative estimate of drug-likeness (QED) is 0.751. The molecular weight excluding hydrogens is 392 g/mol. The summed E-state index contributed by atoms with van der Waals surface area (Å²) < 4.78 is 33.0. The van der Waals surface area contributed by atoms with Crippen LogP contribution in [0.5, 0.6) is 5.75 Å². The van der Waals surface area contributed by atoms with Crippen molar-refractivity contribution in [3.8, 4) is 5.75 Å². The summed E-state index contributed by atoms with van der Waals surface area (Å²) >= 11 is 0. The molecule has 0 spiro atoms. The number of nitrogens with zero attached hydrogens (tertiary/aromatic N) is 1. The molecule has 1 aliphatic heterocycles. The van der Waals surface area contributed by atoms with Gasteiger partial charge in [-0.25, -0.2) is 8.42 Å². The van der Waals surface area contributed by atoms with Gasteiger partial charge in [0, 0.05) is 18.8 Å². The lowest BCUT2D eigenvalue weighted by molar-refractivity contribution is -0.132. The third kappa shape index (κ3) is 5.27. The Morgan fingerprint density at radius 2 is 1.83 bits per heavy atom. The number of methoxy groups -OCH3 is 1. The number of benzene rings is 2. The summed E-state index contributed by atoms with van der Waals surface area (Å²) in [6, 6.07) is 11.5. The molecule has 1 saturated heterocycles. The first-order valence-electron chi connectivity index (χ1n) is 9.51. The molecule has 0 atom stereocenters. The summed E-state index contributed by atoms with van der Waals surface area (Å²) in [5.41, 5.74) is 1.97. The average molecular weight is 419 g/mol. The minimum Gasteiger partial charge on any atom is -0.496 e. The van der Waals surface area contributed by atoms with Crippen molar-refractivity contribution in [2.75, 3.05) is 24.9 Å². The number of hydrogen-bond acceptors (Lipinski definition) is 5. The molecule has 2 aromatic carbocycles. The standard InChI is InChI=1S/C21H26N2O5S/c1-15-13-19(7-8-20(15)28-2)29(26,27)22-17-5-3-16(4-6-17)14-21(25)23-11-9-18(24)10-12-23/h3-8,13,18,22,24H,9-12,14H2,1-2H3. The highest BCUT2D eigenvalue weighted by molar-refractivity contribution is 7.92. The second-order valence-electron chi connectivity index (χ2n) is 7.22. The molecule has 0 radical (unpaired) electrons. The van der Waals surface area contributed by atoms with Crippen molar-refractivity contribution >= 4 is 21.6 Å². The van der Waals surface area contributed by atoms with E-state index in [1.165, 1.54) is 13.2 Å². The lowest BCUT2D eigenvalue weighted by atomic mass is 10.1. The molecule has 29 heavy (non-hydrogen) atoms. The maximum Gasteiger partial charge on any atom is 0.261 e. The zero-order valence-electron chi connectivity index (χ0n) is 16.6. The molecule has 1 amide bonds. The minimum absolute atomic E-state index is 0.0129. The predicted octanol–water partition coefficient (Wildman–Crippen LogP) is 2.33. The Labute approximate surface area is 171 Å². The van der Waals surface area contributed by atoms with E-state index < -0.39 is 10.0 Å². The Morgan fingerprint density at radius 3 is 2.41 bits per heavy atom. The van der Waals surface area contributed by atoms with Crippen LogP contribution in [0.2, 0.25) is 0 Å². The lowest BCUT2D eigenvalue weighted by Gasteiger charge is -2.29. The van der Waals surface area contributed by atoms with Gasteiger partial charge >= 0.3 is 0 Å². The smallest absolute Gasteiger partial charge is 0.261 e. The van der Waals surface area contributed by atoms with Crippen LogP contribution in [0.3, 0.4) is 0 Å². The van der Waals surface area contributed by atoms with Gasteiger partial charge in [0.1, 0.15) is 5.75 Å². The molecule has 0 aliphatic carbocycles. The first-order chi connectivity index (χ1) is 13.8. The summed E-state index contributed by atoms with van der Waals surface area (Å²) in [5.74, 6) is 0.639. The van der Waals surface area contributed by atoms with Gasteiger partial charge < -0.3 is 14.7 Å². The topological polar surface area (TPSA) is 95.9 Å². The molecule has 0 bridgehead atoms. The number of sulfonamides is 1. The number of aliphatic hydroxyl groups excluding tert-OH is 1. The van der Waals surface area contributed by atoms with Gasteiger partial charge in [-0.05, 0) is 61.2 Å². The number of aryl methyl sites for hydroxylation is 1. The van der Waals surface area contributed by atoms with Crippen molar-refractivity contribution in [1.82, 2.24) is 4.90 Å². The Kier molecular flexibility index (Phi) is 6.44. The number of amides is 1. The number of likely N-dealkylation sites (tertiary alicyclic amines) is 1. The number of rotatable bonds is 6. The van der Waals surface area contributed by atoms with Crippen LogP contribution in [-0.4, -0.2) is 50.6 Å². The summed E-state index contributed by atoms with van der Waals surface area (Å²) in [6.07, 6.45) is 1.15. The second-order valence-corrected chi connectivity index (χ2v) is 8.90. The number of hydrogen-bond donors (Lipinski definition) is 2. The van der Waals surface area contributed by atoms with Crippen molar-refractivity contribution in [3.05, 3.63) is 53.6 Å². The van der Waals surface area contributed by atoms with Gasteiger partial charge in [0.2, 0.25) is 5.91 Å². The molecule has 1 aliphatic rings. The van der Waals surface area contributed by atoms with Crippen molar-refractivity contribution in [2.45, 2.75) is 37.2 Å². The maximum absolute atomic E-state index is 12.6. The largest absolute Gasteiger partial charge is 0.496 e. The lowest BCUT2D eigenvalue weighted by Crippen LogP contribution is -2.40. The van der Waals surface area contributed by atoms with E-state index in [4.69, 9.17) is 4.74 Å². The summed E-state index contributed by atoms with van der Waals surface area (Å²) in [6.45, 7) is 2.92. The molecule has 0 unspecified atom stereocenters. The Hall–Kier alpha value is -2.58. The molecule has 3 rings (SSSR count). The Bertz CT molecular complexity index is 965. The highest BCUT2D eigenvalue weighted by atomic mass is 32.2. The highest BCUT2D eigenvalue weighted by Gasteiger charge is 2.21. The van der Waals surface area contributed by atoms with Crippen molar-refractivity contribution in [1.29, 1.82) is 0 Å². The van der Waals surface area contributed by atoms with Crippen LogP contribution in [0.15, 0.2) is 47.4 Å². The molecule has 7 nitrogen and oxygen atoms in total. The number of ether oxygens (including phenoxy) is 1. The Morgan fingerprint density at radius 1 is 1.17 bits per heavy atom. The van der Waals surface area contributed by atoms with E-state index in [9.17, 15) is 18.3 Å². The van der Waals surface area contributed by atoms with Crippen LogP contribution in [0, 0.1) is 6.92 Å². The molecule has 156 valence electrons. The van der Waals surface area contributed by atoms with Crippen LogP contribution in [0.25, 0.3) is 0 Å². The molecule has 0 saturated carbocycles. The third-order valence-electron chi connectivity index (χ3n) is 5.06. The molecule has 1 heterocycles. The van der Waals surface area contributed by atoms with Crippen LogP contribution in [-0.2, 0) is 21.2 Å². The molecule has 2 N–H and O–H groups in total. The first kappa shape index (κ1) is 21.1. The zero-order chi connectivity index (χ0) is 21.0. The summed E-state index contributed by atoms with van der Waals surface area (Å²) in [5, 5.41) is 9.55. The van der Waals surface area contributed by atoms with Gasteiger partial charge in [0.05, 0.1) is 24.5 Å². The van der Waals surface area contributed by atoms with Gasteiger partial charge in [0.25, 0.3) is 10.0 Å². The molecular formula is C21H26N2O5S. The molecule has 0 aromatic heterocycles. The van der Waals surface area contributed by atoms with Gasteiger partial charge in [-0.2, -0.15) is 0 Å². The molecule has 8 heteroatoms. The van der Waals surface area contributed by atoms with Gasteiger partial charge in [-0.1, -0.05) is 12.1 Å². The second kappa shape index (κ2) is 8.84. The fraction of sp³-hybridized carbons (Fsp3) is 0.381. The minimum atomic E-state index is -3.72. The van der Waals surface area contributed by atoms with Gasteiger partial charge in [-0.15, -0.1) is 0 Å². The number of aliphatic hydroxyl groups is 1. The highest BCUT2D eigenvalue weighted by Crippen LogP contribution is 2.23. The normalized spacial score (nSPS) is 15.2. The average Bonchev–Trinajstić information content (AvgIpc) is 2.69. The number of carbonyl (C=O) groups is 1. The van der Waals surface area contributed by atoms with Gasteiger partial charge in [-0.3, -0.25) is 9.52 Å². The number of nitrogens with one attached hydrogen (secondary N) is 1. The van der Waals surface area contributed by atoms with E-state index in [2.05, 4.69) is 4.72 Å². The van der Waals surface area contributed by atoms with Crippen molar-refractivity contribution in [3.63, 3.8) is 0 Å². The van der Waals surface area contributed by atoms with Crippen LogP contribution in [0.4, 0.5) is 5.69 Å². The van der Waals surface area contributed by atoms with Crippen LogP contribution in [0.1, 0.15) is 24.0 Å². The zero-order valence-corrected chi connectivity index (χ0v) is 17.4. The number of piperidine rings is 1. The fourth-order valence-corrected chi connectivity index (χ4v) is 4.47. The molecule has 1 fully saturated rings. The van der Waals surface area contributed by atoms with E-state index in [0.717, 1.165) is 11.1 Å². The fourth-order valence-electron chi connectivity index (χ4n) is 3.32. The molecule has 2 aromatic rings. The first-order valence-corrected chi connectivity index (χ1v) is 11.0. The van der Waals surface area contributed by atoms with Crippen molar-refractivity contribution in [2.24, 2.45) is 0 Å². The van der Waals surface area contributed by atoms with E-state index in [1.54, 1.807) is 48.2 Å². The summed E-state index contributed by atoms with van der Waals surface area (Å²) in [4.78, 5) is 14.3. The number of anilines is 1. The maximum atomic E-state index is 12.6. The van der Waals surface area contributed by atoms with E-state index in [-0.39, 0.29) is 23.3 Å². The SMILES string of the molecule is COc1ccc(S(=O)(=O)Nc2ccc(CC(=O)N3CCC(O)CC3)cc2)cc1C. The van der Waals surface area contributed by atoms with E-state index >= 15 is 0 Å². The van der Waals surface area contributed by atoms with Crippen LogP contribution >= 0.6 is 0 Å². The Balaban J connectivity index is 1.64. The predicted molar refractivity (Wildman–Crippen MR) is 111 cm³/mol. The number of carbonyl (C=O) groups excluding carboxylic acids is 1. The van der Waals surface area contributed by atoms with Crippen LogP contribution < -0.4 is 9.46 Å². The summed E-state index contributed by atoms with van der Waals surface area (Å²) in [7, 11) is -2.19. The third-order valence-corrected chi connectivity index (χ3v) is 6.43. The van der Waals surface area contributed by atoms with Gasteiger partial charge in [0.15, 0.2) is 0 Å². The monoisotopic (exact) mass is 418 g/mol. The van der Waals surface area contributed by atoms with E-state index in [1.807, 2.05) is 0 Å².